The Morgan fingerprint density at radius 3 is 2.95 bits per heavy atom. The minimum Gasteiger partial charge on any atom is -0.309 e. The highest BCUT2D eigenvalue weighted by Gasteiger charge is 2.39. The Labute approximate surface area is 125 Å². The van der Waals surface area contributed by atoms with Crippen LogP contribution in [0.1, 0.15) is 43.4 Å². The summed E-state index contributed by atoms with van der Waals surface area (Å²) in [6.07, 6.45) is 3.71. The van der Waals surface area contributed by atoms with Crippen molar-refractivity contribution in [3.63, 3.8) is 0 Å². The number of aromatic nitrogens is 2. The normalized spacial score (nSPS) is 20.2. The van der Waals surface area contributed by atoms with E-state index >= 15 is 0 Å². The van der Waals surface area contributed by atoms with Gasteiger partial charge in [0.05, 0.1) is 0 Å². The molecule has 1 aliphatic carbocycles. The standard InChI is InChI=1S/C17H21N3O/c1-2-6-14-11-16(20-19-14)18-17(21)10-13-9-15(13)12-7-4-3-5-8-12/h3-5,7-8,11,13,15H,2,6,9-10H2,1H3,(H2,18,19,20,21)/t13-,15-/m0/s1. The third-order valence-electron chi connectivity index (χ3n) is 4.02. The second-order valence-electron chi connectivity index (χ2n) is 5.79. The molecule has 0 spiro atoms. The molecule has 4 heteroatoms. The maximum atomic E-state index is 12.0. The van der Waals surface area contributed by atoms with Gasteiger partial charge >= 0.3 is 0 Å². The SMILES string of the molecule is CCCc1cc(NC(=O)C[C@@H]2C[C@H]2c2ccccc2)n[nH]1. The van der Waals surface area contributed by atoms with Crippen LogP contribution in [0.2, 0.25) is 0 Å². The molecular formula is C17H21N3O. The van der Waals surface area contributed by atoms with E-state index in [4.69, 9.17) is 0 Å². The van der Waals surface area contributed by atoms with Gasteiger partial charge in [0.2, 0.25) is 5.91 Å². The molecule has 3 rings (SSSR count). The molecule has 21 heavy (non-hydrogen) atoms. The van der Waals surface area contributed by atoms with E-state index < -0.39 is 0 Å². The molecule has 4 nitrogen and oxygen atoms in total. The summed E-state index contributed by atoms with van der Waals surface area (Å²) in [4.78, 5) is 12.0. The van der Waals surface area contributed by atoms with Crippen molar-refractivity contribution < 1.29 is 4.79 Å². The van der Waals surface area contributed by atoms with Crippen LogP contribution in [-0.2, 0) is 11.2 Å². The number of amides is 1. The number of aryl methyl sites for hydroxylation is 1. The topological polar surface area (TPSA) is 57.8 Å². The van der Waals surface area contributed by atoms with Crippen LogP contribution in [-0.4, -0.2) is 16.1 Å². The number of H-pyrrole nitrogens is 1. The number of carbonyl (C=O) groups is 1. The zero-order valence-electron chi connectivity index (χ0n) is 12.3. The van der Waals surface area contributed by atoms with Crippen molar-refractivity contribution in [2.75, 3.05) is 5.32 Å². The van der Waals surface area contributed by atoms with Crippen molar-refractivity contribution in [3.05, 3.63) is 47.7 Å². The lowest BCUT2D eigenvalue weighted by Gasteiger charge is -2.02. The van der Waals surface area contributed by atoms with Crippen LogP contribution in [0, 0.1) is 5.92 Å². The Balaban J connectivity index is 1.49. The average molecular weight is 283 g/mol. The third kappa shape index (κ3) is 3.51. The second kappa shape index (κ2) is 6.12. The second-order valence-corrected chi connectivity index (χ2v) is 5.79. The molecule has 1 heterocycles. The predicted octanol–water partition coefficient (Wildman–Crippen LogP) is 3.49. The van der Waals surface area contributed by atoms with Crippen LogP contribution in [0.15, 0.2) is 36.4 Å². The summed E-state index contributed by atoms with van der Waals surface area (Å²) in [5, 5.41) is 9.96. The molecule has 2 aromatic rings. The number of hydrogen-bond donors (Lipinski definition) is 2. The van der Waals surface area contributed by atoms with Gasteiger partial charge in [0.25, 0.3) is 0 Å². The van der Waals surface area contributed by atoms with Gasteiger partial charge in [-0.15, -0.1) is 0 Å². The molecule has 2 N–H and O–H groups in total. The van der Waals surface area contributed by atoms with Crippen LogP contribution in [0.25, 0.3) is 0 Å². The number of hydrogen-bond acceptors (Lipinski definition) is 2. The lowest BCUT2D eigenvalue weighted by molar-refractivity contribution is -0.116. The number of nitrogens with one attached hydrogen (secondary N) is 2. The summed E-state index contributed by atoms with van der Waals surface area (Å²) in [5.74, 6) is 1.72. The van der Waals surface area contributed by atoms with Crippen molar-refractivity contribution in [2.45, 2.75) is 38.5 Å². The molecule has 1 aromatic carbocycles. The van der Waals surface area contributed by atoms with E-state index in [0.717, 1.165) is 25.0 Å². The fraction of sp³-hybridized carbons (Fsp3) is 0.412. The molecule has 0 bridgehead atoms. The Morgan fingerprint density at radius 1 is 1.38 bits per heavy atom. The van der Waals surface area contributed by atoms with E-state index in [1.165, 1.54) is 5.56 Å². The average Bonchev–Trinajstić information content (AvgIpc) is 3.11. The van der Waals surface area contributed by atoms with Gasteiger partial charge in [0.1, 0.15) is 0 Å². The zero-order valence-corrected chi connectivity index (χ0v) is 12.3. The predicted molar refractivity (Wildman–Crippen MR) is 83.1 cm³/mol. The molecule has 0 unspecified atom stereocenters. The van der Waals surface area contributed by atoms with Gasteiger partial charge in [0, 0.05) is 18.2 Å². The van der Waals surface area contributed by atoms with E-state index in [-0.39, 0.29) is 5.91 Å². The largest absolute Gasteiger partial charge is 0.309 e. The number of anilines is 1. The summed E-state index contributed by atoms with van der Waals surface area (Å²) in [7, 11) is 0. The van der Waals surface area contributed by atoms with Gasteiger partial charge in [-0.3, -0.25) is 9.89 Å². The van der Waals surface area contributed by atoms with E-state index in [2.05, 4.69) is 46.7 Å². The highest BCUT2D eigenvalue weighted by atomic mass is 16.1. The number of aromatic amines is 1. The molecule has 1 aromatic heterocycles. The van der Waals surface area contributed by atoms with Crippen LogP contribution in [0.3, 0.4) is 0 Å². The molecule has 1 fully saturated rings. The first kappa shape index (κ1) is 13.9. The lowest BCUT2D eigenvalue weighted by Crippen LogP contribution is -2.12. The van der Waals surface area contributed by atoms with E-state index in [1.54, 1.807) is 0 Å². The van der Waals surface area contributed by atoms with Crippen molar-refractivity contribution in [3.8, 4) is 0 Å². The van der Waals surface area contributed by atoms with Crippen LogP contribution >= 0.6 is 0 Å². The molecule has 1 aliphatic rings. The Hall–Kier alpha value is -2.10. The number of carbonyl (C=O) groups excluding carboxylic acids is 1. The van der Waals surface area contributed by atoms with Crippen LogP contribution in [0.4, 0.5) is 5.82 Å². The Kier molecular flexibility index (Phi) is 4.04. The van der Waals surface area contributed by atoms with Crippen molar-refractivity contribution >= 4 is 11.7 Å². The first-order valence-corrected chi connectivity index (χ1v) is 7.65. The number of rotatable bonds is 6. The van der Waals surface area contributed by atoms with Gasteiger partial charge in [-0.25, -0.2) is 0 Å². The molecule has 1 amide bonds. The molecule has 0 aliphatic heterocycles. The lowest BCUT2D eigenvalue weighted by atomic mass is 10.1. The smallest absolute Gasteiger partial charge is 0.225 e. The van der Waals surface area contributed by atoms with Crippen LogP contribution < -0.4 is 5.32 Å². The number of benzene rings is 1. The highest BCUT2D eigenvalue weighted by molar-refractivity contribution is 5.90. The van der Waals surface area contributed by atoms with Gasteiger partial charge in [-0.1, -0.05) is 43.7 Å². The summed E-state index contributed by atoms with van der Waals surface area (Å²) < 4.78 is 0. The van der Waals surface area contributed by atoms with Gasteiger partial charge < -0.3 is 5.32 Å². The zero-order chi connectivity index (χ0) is 14.7. The first-order chi connectivity index (χ1) is 10.3. The maximum Gasteiger partial charge on any atom is 0.225 e. The summed E-state index contributed by atoms with van der Waals surface area (Å²) >= 11 is 0. The van der Waals surface area contributed by atoms with Crippen molar-refractivity contribution in [2.24, 2.45) is 5.92 Å². The van der Waals surface area contributed by atoms with E-state index in [0.29, 0.717) is 24.1 Å². The fourth-order valence-corrected chi connectivity index (χ4v) is 2.84. The minimum atomic E-state index is 0.0629. The van der Waals surface area contributed by atoms with Gasteiger partial charge in [0.15, 0.2) is 5.82 Å². The highest BCUT2D eigenvalue weighted by Crippen LogP contribution is 2.49. The molecular weight excluding hydrogens is 262 g/mol. The van der Waals surface area contributed by atoms with Crippen molar-refractivity contribution in [1.29, 1.82) is 0 Å². The van der Waals surface area contributed by atoms with Crippen molar-refractivity contribution in [1.82, 2.24) is 10.2 Å². The van der Waals surface area contributed by atoms with Gasteiger partial charge in [-0.05, 0) is 30.2 Å². The Morgan fingerprint density at radius 2 is 2.19 bits per heavy atom. The minimum absolute atomic E-state index is 0.0629. The molecule has 1 saturated carbocycles. The summed E-state index contributed by atoms with van der Waals surface area (Å²) in [6, 6.07) is 12.4. The molecule has 0 radical (unpaired) electrons. The quantitative estimate of drug-likeness (QED) is 0.852. The maximum absolute atomic E-state index is 12.0. The third-order valence-corrected chi connectivity index (χ3v) is 4.02. The fourth-order valence-electron chi connectivity index (χ4n) is 2.84. The first-order valence-electron chi connectivity index (χ1n) is 7.65. The number of nitrogens with zero attached hydrogens (tertiary/aromatic N) is 1. The molecule has 2 atom stereocenters. The van der Waals surface area contributed by atoms with E-state index in [1.807, 2.05) is 12.1 Å². The van der Waals surface area contributed by atoms with Crippen LogP contribution in [0.5, 0.6) is 0 Å². The molecule has 110 valence electrons. The summed E-state index contributed by atoms with van der Waals surface area (Å²) in [5.41, 5.74) is 2.42. The molecule has 0 saturated heterocycles. The monoisotopic (exact) mass is 283 g/mol. The Bertz CT molecular complexity index is 606. The summed E-state index contributed by atoms with van der Waals surface area (Å²) in [6.45, 7) is 2.12. The van der Waals surface area contributed by atoms with E-state index in [9.17, 15) is 4.79 Å². The van der Waals surface area contributed by atoms with Gasteiger partial charge in [-0.2, -0.15) is 5.10 Å².